The molecule has 2 heterocycles. The molecule has 0 aliphatic carbocycles. The Bertz CT molecular complexity index is 774. The lowest BCUT2D eigenvalue weighted by molar-refractivity contribution is 0.0459. The molecule has 0 saturated carbocycles. The molecule has 7 nitrogen and oxygen atoms in total. The van der Waals surface area contributed by atoms with Gasteiger partial charge in [-0.05, 0) is 24.3 Å². The van der Waals surface area contributed by atoms with Gasteiger partial charge in [0.05, 0.1) is 5.56 Å². The highest BCUT2D eigenvalue weighted by Crippen LogP contribution is 2.15. The van der Waals surface area contributed by atoms with Crippen LogP contribution in [-0.4, -0.2) is 26.3 Å². The average Bonchev–Trinajstić information content (AvgIpc) is 3.03. The Balaban J connectivity index is 1.65. The van der Waals surface area contributed by atoms with Crippen LogP contribution in [0.1, 0.15) is 16.2 Å². The van der Waals surface area contributed by atoms with Crippen LogP contribution in [0.2, 0.25) is 5.15 Å². The Morgan fingerprint density at radius 2 is 1.95 bits per heavy atom. The number of ether oxygens (including phenoxy) is 1. The largest absolute Gasteiger partial charge is 0.454 e. The molecule has 0 spiro atoms. The van der Waals surface area contributed by atoms with Gasteiger partial charge in [0, 0.05) is 0 Å². The van der Waals surface area contributed by atoms with Crippen molar-refractivity contribution in [1.82, 2.24) is 20.3 Å². The number of hydrogen-bond acceptors (Lipinski definition) is 7. The molecule has 3 rings (SSSR count). The fourth-order valence-electron chi connectivity index (χ4n) is 1.63. The minimum Gasteiger partial charge on any atom is -0.454 e. The first-order valence-electron chi connectivity index (χ1n) is 6.27. The normalized spacial score (nSPS) is 10.4. The summed E-state index contributed by atoms with van der Waals surface area (Å²) >= 11 is 5.65. The van der Waals surface area contributed by atoms with Crippen LogP contribution in [0.4, 0.5) is 0 Å². The third-order valence-corrected chi connectivity index (χ3v) is 2.86. The molecule has 0 amide bonds. The van der Waals surface area contributed by atoms with Crippen molar-refractivity contribution >= 4 is 17.6 Å². The van der Waals surface area contributed by atoms with E-state index in [1.165, 1.54) is 0 Å². The van der Waals surface area contributed by atoms with E-state index in [-0.39, 0.29) is 23.5 Å². The van der Waals surface area contributed by atoms with E-state index in [0.717, 1.165) is 0 Å². The molecule has 0 aliphatic rings. The summed E-state index contributed by atoms with van der Waals surface area (Å²) in [5.41, 5.74) is 0.840. The Morgan fingerprint density at radius 3 is 2.68 bits per heavy atom. The zero-order chi connectivity index (χ0) is 15.4. The Morgan fingerprint density at radius 1 is 1.14 bits per heavy atom. The third kappa shape index (κ3) is 3.26. The van der Waals surface area contributed by atoms with E-state index in [1.54, 1.807) is 36.4 Å². The molecule has 0 unspecified atom stereocenters. The molecule has 0 radical (unpaired) electrons. The van der Waals surface area contributed by atoms with Gasteiger partial charge >= 0.3 is 5.97 Å². The van der Waals surface area contributed by atoms with Gasteiger partial charge in [0.1, 0.15) is 0 Å². The second kappa shape index (κ2) is 6.31. The number of rotatable bonds is 4. The van der Waals surface area contributed by atoms with E-state index in [1.807, 2.05) is 6.07 Å². The van der Waals surface area contributed by atoms with Gasteiger partial charge in [0.2, 0.25) is 5.82 Å². The van der Waals surface area contributed by atoms with Gasteiger partial charge in [-0.25, -0.2) is 4.79 Å². The quantitative estimate of drug-likeness (QED) is 0.683. The van der Waals surface area contributed by atoms with Crippen molar-refractivity contribution in [3.8, 4) is 11.6 Å². The van der Waals surface area contributed by atoms with Gasteiger partial charge in [0.15, 0.2) is 17.5 Å². The van der Waals surface area contributed by atoms with Gasteiger partial charge in [-0.3, -0.25) is 0 Å². The monoisotopic (exact) mass is 316 g/mol. The minimum atomic E-state index is -0.460. The minimum absolute atomic E-state index is 0.0990. The highest BCUT2D eigenvalue weighted by Gasteiger charge is 2.13. The highest BCUT2D eigenvalue weighted by atomic mass is 35.5. The summed E-state index contributed by atoms with van der Waals surface area (Å²) in [7, 11) is 0. The van der Waals surface area contributed by atoms with Crippen LogP contribution in [0.3, 0.4) is 0 Å². The lowest BCUT2D eigenvalue weighted by Crippen LogP contribution is -2.05. The summed E-state index contributed by atoms with van der Waals surface area (Å²) < 4.78 is 10.1. The van der Waals surface area contributed by atoms with Crippen LogP contribution in [0.25, 0.3) is 11.6 Å². The molecule has 0 bridgehead atoms. The van der Waals surface area contributed by atoms with Crippen LogP contribution in [0, 0.1) is 0 Å². The standard InChI is InChI=1S/C14H9ClN4O3/c15-11-7-6-10(17-18-11)13-16-12(19-22-13)8-21-14(20)9-4-2-1-3-5-9/h1-7H,8H2. The van der Waals surface area contributed by atoms with Crippen molar-refractivity contribution in [3.05, 3.63) is 59.0 Å². The first-order valence-corrected chi connectivity index (χ1v) is 6.64. The van der Waals surface area contributed by atoms with Crippen LogP contribution >= 0.6 is 11.6 Å². The van der Waals surface area contributed by atoms with Crippen molar-refractivity contribution < 1.29 is 14.1 Å². The number of benzene rings is 1. The maximum Gasteiger partial charge on any atom is 0.338 e. The van der Waals surface area contributed by atoms with Crippen LogP contribution in [0.5, 0.6) is 0 Å². The van der Waals surface area contributed by atoms with Gasteiger partial charge in [0.25, 0.3) is 5.89 Å². The van der Waals surface area contributed by atoms with Crippen molar-refractivity contribution in [2.24, 2.45) is 0 Å². The zero-order valence-corrected chi connectivity index (χ0v) is 11.9. The summed E-state index contributed by atoms with van der Waals surface area (Å²) in [6.07, 6.45) is 0. The topological polar surface area (TPSA) is 91.0 Å². The lowest BCUT2D eigenvalue weighted by Gasteiger charge is -2.00. The molecule has 0 fully saturated rings. The van der Waals surface area contributed by atoms with E-state index in [4.69, 9.17) is 20.9 Å². The maximum atomic E-state index is 11.8. The summed E-state index contributed by atoms with van der Waals surface area (Å²) in [6.45, 7) is -0.0990. The predicted octanol–water partition coefficient (Wildman–Crippen LogP) is 2.54. The van der Waals surface area contributed by atoms with Crippen molar-refractivity contribution in [1.29, 1.82) is 0 Å². The number of hydrogen-bond donors (Lipinski definition) is 0. The molecule has 2 aromatic heterocycles. The first kappa shape index (κ1) is 14.2. The molecule has 110 valence electrons. The molecule has 22 heavy (non-hydrogen) atoms. The van der Waals surface area contributed by atoms with Crippen molar-refractivity contribution in [2.45, 2.75) is 6.61 Å². The van der Waals surface area contributed by atoms with Crippen LogP contribution < -0.4 is 0 Å². The molecular formula is C14H9ClN4O3. The first-order chi connectivity index (χ1) is 10.7. The predicted molar refractivity (Wildman–Crippen MR) is 75.9 cm³/mol. The SMILES string of the molecule is O=C(OCc1noc(-c2ccc(Cl)nn2)n1)c1ccccc1. The second-order valence-corrected chi connectivity index (χ2v) is 4.59. The number of carbonyl (C=O) groups excluding carboxylic acids is 1. The van der Waals surface area contributed by atoms with E-state index < -0.39 is 5.97 Å². The van der Waals surface area contributed by atoms with E-state index >= 15 is 0 Å². The van der Waals surface area contributed by atoms with Crippen LogP contribution in [-0.2, 0) is 11.3 Å². The summed E-state index contributed by atoms with van der Waals surface area (Å²) in [5.74, 6) is -0.0517. The van der Waals surface area contributed by atoms with Gasteiger partial charge in [-0.15, -0.1) is 10.2 Å². The third-order valence-electron chi connectivity index (χ3n) is 2.66. The molecule has 3 aromatic rings. The molecule has 1 aromatic carbocycles. The fourth-order valence-corrected chi connectivity index (χ4v) is 1.74. The zero-order valence-electron chi connectivity index (χ0n) is 11.1. The Hall–Kier alpha value is -2.80. The number of halogens is 1. The molecule has 0 N–H and O–H groups in total. The Kier molecular flexibility index (Phi) is 4.06. The average molecular weight is 317 g/mol. The number of nitrogens with zero attached hydrogens (tertiary/aromatic N) is 4. The molecule has 0 saturated heterocycles. The van der Waals surface area contributed by atoms with Gasteiger partial charge in [-0.1, -0.05) is 35.0 Å². The molecular weight excluding hydrogens is 308 g/mol. The molecule has 0 atom stereocenters. The smallest absolute Gasteiger partial charge is 0.338 e. The van der Waals surface area contributed by atoms with E-state index in [0.29, 0.717) is 11.3 Å². The summed E-state index contributed by atoms with van der Waals surface area (Å²) in [4.78, 5) is 15.9. The summed E-state index contributed by atoms with van der Waals surface area (Å²) in [6, 6.07) is 11.8. The molecule has 8 heteroatoms. The number of aromatic nitrogens is 4. The lowest BCUT2D eigenvalue weighted by atomic mass is 10.2. The second-order valence-electron chi connectivity index (χ2n) is 4.20. The van der Waals surface area contributed by atoms with E-state index in [9.17, 15) is 4.79 Å². The fraction of sp³-hybridized carbons (Fsp3) is 0.0714. The highest BCUT2D eigenvalue weighted by molar-refractivity contribution is 6.29. The summed E-state index contributed by atoms with van der Waals surface area (Å²) in [5, 5.41) is 11.5. The van der Waals surface area contributed by atoms with Crippen molar-refractivity contribution in [3.63, 3.8) is 0 Å². The van der Waals surface area contributed by atoms with Gasteiger partial charge < -0.3 is 9.26 Å². The Labute approximate surface area is 129 Å². The van der Waals surface area contributed by atoms with Crippen molar-refractivity contribution in [2.75, 3.05) is 0 Å². The number of esters is 1. The maximum absolute atomic E-state index is 11.8. The molecule has 0 aliphatic heterocycles. The number of carbonyl (C=O) groups is 1. The van der Waals surface area contributed by atoms with Gasteiger partial charge in [-0.2, -0.15) is 4.98 Å². The van der Waals surface area contributed by atoms with E-state index in [2.05, 4.69) is 20.3 Å². The van der Waals surface area contributed by atoms with Crippen LogP contribution in [0.15, 0.2) is 47.0 Å².